The summed E-state index contributed by atoms with van der Waals surface area (Å²) in [6.45, 7) is 5.05. The van der Waals surface area contributed by atoms with Crippen LogP contribution in [0.25, 0.3) is 11.5 Å². The third kappa shape index (κ3) is 3.07. The summed E-state index contributed by atoms with van der Waals surface area (Å²) in [5, 5.41) is 4.12. The van der Waals surface area contributed by atoms with Gasteiger partial charge in [0.1, 0.15) is 5.76 Å². The maximum absolute atomic E-state index is 5.84. The number of aromatic nitrogens is 2. The summed E-state index contributed by atoms with van der Waals surface area (Å²) in [6, 6.07) is 6.31. The number of pyridine rings is 1. The van der Waals surface area contributed by atoms with E-state index in [1.807, 2.05) is 24.7 Å². The van der Waals surface area contributed by atoms with E-state index >= 15 is 0 Å². The molecule has 0 bridgehead atoms. The smallest absolute Gasteiger partial charge is 0.227 e. The highest BCUT2D eigenvalue weighted by atomic mass is 32.1. The Kier molecular flexibility index (Phi) is 3.97. The second-order valence-corrected chi connectivity index (χ2v) is 6.82. The molecule has 4 nitrogen and oxygen atoms in total. The van der Waals surface area contributed by atoms with Crippen molar-refractivity contribution in [2.75, 3.05) is 13.1 Å². The monoisotopic (exact) mass is 325 g/mol. The summed E-state index contributed by atoms with van der Waals surface area (Å²) in [5.41, 5.74) is 3.51. The first-order chi connectivity index (χ1) is 11.3. The van der Waals surface area contributed by atoms with Crippen LogP contribution in [0.3, 0.4) is 0 Å². The Labute approximate surface area is 139 Å². The number of rotatable bonds is 4. The average molecular weight is 325 g/mol. The van der Waals surface area contributed by atoms with Crippen molar-refractivity contribution in [2.24, 2.45) is 0 Å². The van der Waals surface area contributed by atoms with Crippen LogP contribution in [-0.4, -0.2) is 28.0 Å². The van der Waals surface area contributed by atoms with Gasteiger partial charge in [0.2, 0.25) is 5.89 Å². The van der Waals surface area contributed by atoms with Gasteiger partial charge in [0.15, 0.2) is 0 Å². The van der Waals surface area contributed by atoms with Gasteiger partial charge in [-0.1, -0.05) is 0 Å². The fourth-order valence-electron chi connectivity index (χ4n) is 3.18. The highest BCUT2D eigenvalue weighted by Gasteiger charge is 2.25. The molecule has 4 rings (SSSR count). The molecule has 23 heavy (non-hydrogen) atoms. The van der Waals surface area contributed by atoms with E-state index in [-0.39, 0.29) is 0 Å². The topological polar surface area (TPSA) is 42.2 Å². The lowest BCUT2D eigenvalue weighted by Gasteiger charge is -2.14. The van der Waals surface area contributed by atoms with Crippen molar-refractivity contribution in [1.29, 1.82) is 0 Å². The number of hydrogen-bond donors (Lipinski definition) is 0. The van der Waals surface area contributed by atoms with Crippen LogP contribution in [0.4, 0.5) is 0 Å². The summed E-state index contributed by atoms with van der Waals surface area (Å²) in [7, 11) is 0. The minimum Gasteiger partial charge on any atom is -0.441 e. The summed E-state index contributed by atoms with van der Waals surface area (Å²) >= 11 is 1.66. The van der Waals surface area contributed by atoms with E-state index < -0.39 is 0 Å². The predicted molar refractivity (Wildman–Crippen MR) is 91.4 cm³/mol. The maximum Gasteiger partial charge on any atom is 0.227 e. The molecule has 1 saturated heterocycles. The Morgan fingerprint density at radius 2 is 2.17 bits per heavy atom. The number of likely N-dealkylation sites (tertiary alicyclic amines) is 1. The van der Waals surface area contributed by atoms with Crippen LogP contribution in [0.1, 0.15) is 29.4 Å². The van der Waals surface area contributed by atoms with Gasteiger partial charge in [-0.15, -0.1) is 0 Å². The standard InChI is InChI=1S/C18H19N3OS/c1-13-17(20-18(22-13)16-5-9-23-12-16)11-21-8-4-15(10-21)14-2-6-19-7-3-14/h2-3,5-7,9,12,15H,4,8,10-11H2,1H3/t15-/m0/s1. The Balaban J connectivity index is 1.45. The number of aryl methyl sites for hydroxylation is 1. The van der Waals surface area contributed by atoms with Gasteiger partial charge in [-0.05, 0) is 54.9 Å². The molecule has 0 aliphatic carbocycles. The molecular weight excluding hydrogens is 306 g/mol. The van der Waals surface area contributed by atoms with Gasteiger partial charge in [-0.3, -0.25) is 9.88 Å². The fraction of sp³-hybridized carbons (Fsp3) is 0.333. The molecule has 1 atom stereocenters. The largest absolute Gasteiger partial charge is 0.441 e. The van der Waals surface area contributed by atoms with Crippen molar-refractivity contribution in [1.82, 2.24) is 14.9 Å². The summed E-state index contributed by atoms with van der Waals surface area (Å²) < 4.78 is 5.84. The lowest BCUT2D eigenvalue weighted by molar-refractivity contribution is 0.321. The highest BCUT2D eigenvalue weighted by Crippen LogP contribution is 2.29. The molecule has 0 aromatic carbocycles. The number of thiophene rings is 1. The van der Waals surface area contributed by atoms with Crippen molar-refractivity contribution >= 4 is 11.3 Å². The molecule has 0 amide bonds. The molecule has 0 unspecified atom stereocenters. The molecular formula is C18H19N3OS. The zero-order valence-electron chi connectivity index (χ0n) is 13.1. The first kappa shape index (κ1) is 14.6. The minimum absolute atomic E-state index is 0.599. The third-order valence-corrected chi connectivity index (χ3v) is 5.17. The Bertz CT molecular complexity index is 767. The molecule has 0 radical (unpaired) electrons. The molecule has 4 heterocycles. The van der Waals surface area contributed by atoms with E-state index in [1.54, 1.807) is 11.3 Å². The first-order valence-corrected chi connectivity index (χ1v) is 8.85. The fourth-order valence-corrected chi connectivity index (χ4v) is 3.81. The summed E-state index contributed by atoms with van der Waals surface area (Å²) in [6.07, 6.45) is 4.96. The quantitative estimate of drug-likeness (QED) is 0.724. The molecule has 1 aliphatic heterocycles. The molecule has 1 fully saturated rings. The van der Waals surface area contributed by atoms with Crippen molar-refractivity contribution in [3.05, 3.63) is 58.4 Å². The number of nitrogens with zero attached hydrogens (tertiary/aromatic N) is 3. The molecule has 1 aliphatic rings. The lowest BCUT2D eigenvalue weighted by atomic mass is 10.00. The van der Waals surface area contributed by atoms with Crippen LogP contribution >= 0.6 is 11.3 Å². The van der Waals surface area contributed by atoms with Crippen LogP contribution in [0.15, 0.2) is 45.8 Å². The normalized spacial score (nSPS) is 18.6. The van der Waals surface area contributed by atoms with E-state index in [2.05, 4.69) is 33.5 Å². The Morgan fingerprint density at radius 3 is 2.96 bits per heavy atom. The highest BCUT2D eigenvalue weighted by molar-refractivity contribution is 7.08. The van der Waals surface area contributed by atoms with Crippen molar-refractivity contribution in [3.8, 4) is 11.5 Å². The Morgan fingerprint density at radius 1 is 1.30 bits per heavy atom. The van der Waals surface area contributed by atoms with Crippen LogP contribution in [0.2, 0.25) is 0 Å². The van der Waals surface area contributed by atoms with Crippen molar-refractivity contribution < 1.29 is 4.42 Å². The zero-order valence-corrected chi connectivity index (χ0v) is 13.9. The first-order valence-electron chi connectivity index (χ1n) is 7.91. The molecule has 0 spiro atoms. The molecule has 0 N–H and O–H groups in total. The molecule has 3 aromatic rings. The van der Waals surface area contributed by atoms with Gasteiger partial charge in [-0.25, -0.2) is 4.98 Å². The SMILES string of the molecule is Cc1oc(-c2ccsc2)nc1CN1CC[C@H](c2ccncc2)C1. The third-order valence-electron chi connectivity index (χ3n) is 4.48. The molecule has 0 saturated carbocycles. The maximum atomic E-state index is 5.84. The van der Waals surface area contributed by atoms with Gasteiger partial charge in [0, 0.05) is 36.4 Å². The second-order valence-electron chi connectivity index (χ2n) is 6.04. The second kappa shape index (κ2) is 6.26. The van der Waals surface area contributed by atoms with Gasteiger partial charge in [0.05, 0.1) is 5.69 Å². The van der Waals surface area contributed by atoms with E-state index in [4.69, 9.17) is 9.40 Å². The molecule has 118 valence electrons. The number of hydrogen-bond acceptors (Lipinski definition) is 5. The van der Waals surface area contributed by atoms with Crippen molar-refractivity contribution in [2.45, 2.75) is 25.8 Å². The van der Waals surface area contributed by atoms with Crippen LogP contribution in [0.5, 0.6) is 0 Å². The van der Waals surface area contributed by atoms with E-state index in [0.29, 0.717) is 5.92 Å². The van der Waals surface area contributed by atoms with Crippen molar-refractivity contribution in [3.63, 3.8) is 0 Å². The van der Waals surface area contributed by atoms with E-state index in [1.165, 1.54) is 12.0 Å². The van der Waals surface area contributed by atoms with Gasteiger partial charge in [-0.2, -0.15) is 11.3 Å². The number of oxazole rings is 1. The Hall–Kier alpha value is -1.98. The van der Waals surface area contributed by atoms with Crippen LogP contribution in [0, 0.1) is 6.92 Å². The average Bonchev–Trinajstić information content (AvgIpc) is 3.31. The minimum atomic E-state index is 0.599. The zero-order chi connectivity index (χ0) is 15.6. The predicted octanol–water partition coefficient (Wildman–Crippen LogP) is 4.10. The van der Waals surface area contributed by atoms with E-state index in [9.17, 15) is 0 Å². The van der Waals surface area contributed by atoms with Gasteiger partial charge < -0.3 is 4.42 Å². The lowest BCUT2D eigenvalue weighted by Crippen LogP contribution is -2.20. The summed E-state index contributed by atoms with van der Waals surface area (Å²) in [4.78, 5) is 11.3. The van der Waals surface area contributed by atoms with Gasteiger partial charge in [0.25, 0.3) is 0 Å². The van der Waals surface area contributed by atoms with Gasteiger partial charge >= 0.3 is 0 Å². The molecule has 3 aromatic heterocycles. The van der Waals surface area contributed by atoms with Crippen LogP contribution < -0.4 is 0 Å². The summed E-state index contributed by atoms with van der Waals surface area (Å²) in [5.74, 6) is 2.27. The molecule has 5 heteroatoms. The van der Waals surface area contributed by atoms with Crippen LogP contribution in [-0.2, 0) is 6.54 Å². The van der Waals surface area contributed by atoms with E-state index in [0.717, 1.165) is 42.5 Å².